The second kappa shape index (κ2) is 6.35. The maximum Gasteiger partial charge on any atom is 0.251 e. The van der Waals surface area contributed by atoms with E-state index >= 15 is 0 Å². The normalized spacial score (nSPS) is 12.5. The average molecular weight is 236 g/mol. The van der Waals surface area contributed by atoms with Crippen LogP contribution in [-0.2, 0) is 0 Å². The van der Waals surface area contributed by atoms with Crippen LogP contribution in [0.25, 0.3) is 0 Å². The summed E-state index contributed by atoms with van der Waals surface area (Å²) in [5.41, 5.74) is 1.45. The summed E-state index contributed by atoms with van der Waals surface area (Å²) in [6.07, 6.45) is 4.02. The molecule has 0 aliphatic carbocycles. The Labute approximate surface area is 102 Å². The van der Waals surface area contributed by atoms with Crippen LogP contribution in [0, 0.1) is 12.8 Å². The maximum atomic E-state index is 12.0. The molecule has 0 aliphatic rings. The van der Waals surface area contributed by atoms with E-state index in [4.69, 9.17) is 0 Å². The molecule has 0 saturated carbocycles. The van der Waals surface area contributed by atoms with E-state index in [1.807, 2.05) is 6.92 Å². The lowest BCUT2D eigenvalue weighted by Gasteiger charge is -2.18. The predicted octanol–water partition coefficient (Wildman–Crippen LogP) is 1.53. The number of amides is 1. The van der Waals surface area contributed by atoms with Gasteiger partial charge in [-0.05, 0) is 30.9 Å². The summed E-state index contributed by atoms with van der Waals surface area (Å²) in [4.78, 5) is 15.9. The summed E-state index contributed by atoms with van der Waals surface area (Å²) in [6.45, 7) is 5.94. The molecule has 17 heavy (non-hydrogen) atoms. The number of hydrogen-bond donors (Lipinski definition) is 2. The SMILES string of the molecule is Cc1cnccc1C(=O)NC(CO)CC(C)C. The molecule has 0 aliphatic heterocycles. The molecule has 0 bridgehead atoms. The van der Waals surface area contributed by atoms with E-state index in [9.17, 15) is 9.90 Å². The van der Waals surface area contributed by atoms with E-state index in [0.717, 1.165) is 12.0 Å². The Kier molecular flexibility index (Phi) is 5.10. The van der Waals surface area contributed by atoms with Gasteiger partial charge in [0.05, 0.1) is 12.6 Å². The van der Waals surface area contributed by atoms with Gasteiger partial charge in [0, 0.05) is 18.0 Å². The Hall–Kier alpha value is -1.42. The fourth-order valence-electron chi connectivity index (χ4n) is 1.74. The molecule has 1 rings (SSSR count). The van der Waals surface area contributed by atoms with Crippen LogP contribution in [0.15, 0.2) is 18.5 Å². The number of rotatable bonds is 5. The molecule has 1 amide bonds. The first-order valence-electron chi connectivity index (χ1n) is 5.87. The molecule has 1 atom stereocenters. The van der Waals surface area contributed by atoms with Gasteiger partial charge in [-0.25, -0.2) is 0 Å². The quantitative estimate of drug-likeness (QED) is 0.815. The minimum atomic E-state index is -0.185. The smallest absolute Gasteiger partial charge is 0.251 e. The Morgan fingerprint density at radius 3 is 2.76 bits per heavy atom. The summed E-state index contributed by atoms with van der Waals surface area (Å²) in [7, 11) is 0. The second-order valence-corrected chi connectivity index (χ2v) is 4.67. The first kappa shape index (κ1) is 13.6. The molecule has 1 heterocycles. The Balaban J connectivity index is 2.68. The molecule has 4 nitrogen and oxygen atoms in total. The zero-order valence-corrected chi connectivity index (χ0v) is 10.6. The number of aryl methyl sites for hydroxylation is 1. The van der Waals surface area contributed by atoms with Crippen molar-refractivity contribution in [2.75, 3.05) is 6.61 Å². The number of carbonyl (C=O) groups excluding carboxylic acids is 1. The summed E-state index contributed by atoms with van der Waals surface area (Å²) in [6, 6.07) is 1.50. The molecule has 0 saturated heterocycles. The first-order valence-corrected chi connectivity index (χ1v) is 5.87. The molecular formula is C13H20N2O2. The van der Waals surface area contributed by atoms with Crippen molar-refractivity contribution >= 4 is 5.91 Å². The maximum absolute atomic E-state index is 12.0. The molecule has 0 radical (unpaired) electrons. The van der Waals surface area contributed by atoms with E-state index in [-0.39, 0.29) is 18.6 Å². The van der Waals surface area contributed by atoms with Gasteiger partial charge < -0.3 is 10.4 Å². The van der Waals surface area contributed by atoms with Gasteiger partial charge in [-0.3, -0.25) is 9.78 Å². The lowest BCUT2D eigenvalue weighted by molar-refractivity contribution is 0.0907. The topological polar surface area (TPSA) is 62.2 Å². The van der Waals surface area contributed by atoms with Gasteiger partial charge in [0.1, 0.15) is 0 Å². The number of hydrogen-bond acceptors (Lipinski definition) is 3. The summed E-state index contributed by atoms with van der Waals surface area (Å²) >= 11 is 0. The Morgan fingerprint density at radius 1 is 1.53 bits per heavy atom. The number of aliphatic hydroxyl groups excluding tert-OH is 1. The van der Waals surface area contributed by atoms with Crippen molar-refractivity contribution in [3.8, 4) is 0 Å². The van der Waals surface area contributed by atoms with Gasteiger partial charge in [-0.15, -0.1) is 0 Å². The van der Waals surface area contributed by atoms with Crippen molar-refractivity contribution in [2.45, 2.75) is 33.2 Å². The molecule has 1 unspecified atom stereocenters. The van der Waals surface area contributed by atoms with Gasteiger partial charge in [0.25, 0.3) is 5.91 Å². The van der Waals surface area contributed by atoms with Crippen molar-refractivity contribution < 1.29 is 9.90 Å². The van der Waals surface area contributed by atoms with Crippen LogP contribution in [0.3, 0.4) is 0 Å². The summed E-state index contributed by atoms with van der Waals surface area (Å²) < 4.78 is 0. The van der Waals surface area contributed by atoms with Gasteiger partial charge in [0.2, 0.25) is 0 Å². The van der Waals surface area contributed by atoms with E-state index in [0.29, 0.717) is 11.5 Å². The van der Waals surface area contributed by atoms with E-state index in [2.05, 4.69) is 24.1 Å². The molecule has 0 fully saturated rings. The van der Waals surface area contributed by atoms with Crippen LogP contribution in [0.1, 0.15) is 36.2 Å². The Bertz CT molecular complexity index is 377. The largest absolute Gasteiger partial charge is 0.394 e. The highest BCUT2D eigenvalue weighted by atomic mass is 16.3. The van der Waals surface area contributed by atoms with Gasteiger partial charge in [-0.2, -0.15) is 0 Å². The molecule has 0 spiro atoms. The molecule has 94 valence electrons. The fraction of sp³-hybridized carbons (Fsp3) is 0.538. The fourth-order valence-corrected chi connectivity index (χ4v) is 1.74. The number of carbonyl (C=O) groups is 1. The number of pyridine rings is 1. The second-order valence-electron chi connectivity index (χ2n) is 4.67. The van der Waals surface area contributed by atoms with Crippen molar-refractivity contribution in [3.63, 3.8) is 0 Å². The van der Waals surface area contributed by atoms with Crippen molar-refractivity contribution in [1.82, 2.24) is 10.3 Å². The molecule has 2 N–H and O–H groups in total. The minimum Gasteiger partial charge on any atom is -0.394 e. The van der Waals surface area contributed by atoms with Crippen LogP contribution < -0.4 is 5.32 Å². The highest BCUT2D eigenvalue weighted by molar-refractivity contribution is 5.95. The molecule has 1 aromatic rings. The third-order valence-corrected chi connectivity index (χ3v) is 2.58. The number of aliphatic hydroxyl groups is 1. The zero-order chi connectivity index (χ0) is 12.8. The summed E-state index contributed by atoms with van der Waals surface area (Å²) in [5, 5.41) is 12.1. The highest BCUT2D eigenvalue weighted by Gasteiger charge is 2.15. The lowest BCUT2D eigenvalue weighted by Crippen LogP contribution is -2.38. The minimum absolute atomic E-state index is 0.0337. The molecule has 0 aromatic carbocycles. The van der Waals surface area contributed by atoms with Crippen LogP contribution in [0.5, 0.6) is 0 Å². The third kappa shape index (κ3) is 4.15. The standard InChI is InChI=1S/C13H20N2O2/c1-9(2)6-11(8-16)15-13(17)12-4-5-14-7-10(12)3/h4-5,7,9,11,16H,6,8H2,1-3H3,(H,15,17). The average Bonchev–Trinajstić information content (AvgIpc) is 2.27. The van der Waals surface area contributed by atoms with Crippen LogP contribution in [0.2, 0.25) is 0 Å². The van der Waals surface area contributed by atoms with E-state index in [1.165, 1.54) is 0 Å². The number of nitrogens with zero attached hydrogens (tertiary/aromatic N) is 1. The zero-order valence-electron chi connectivity index (χ0n) is 10.6. The van der Waals surface area contributed by atoms with E-state index < -0.39 is 0 Å². The van der Waals surface area contributed by atoms with Crippen molar-refractivity contribution in [3.05, 3.63) is 29.6 Å². The van der Waals surface area contributed by atoms with Gasteiger partial charge in [-0.1, -0.05) is 13.8 Å². The van der Waals surface area contributed by atoms with Crippen LogP contribution in [0.4, 0.5) is 0 Å². The van der Waals surface area contributed by atoms with Crippen LogP contribution >= 0.6 is 0 Å². The van der Waals surface area contributed by atoms with Crippen molar-refractivity contribution in [2.24, 2.45) is 5.92 Å². The Morgan fingerprint density at radius 2 is 2.24 bits per heavy atom. The third-order valence-electron chi connectivity index (χ3n) is 2.58. The molecule has 4 heteroatoms. The van der Waals surface area contributed by atoms with Crippen molar-refractivity contribution in [1.29, 1.82) is 0 Å². The van der Waals surface area contributed by atoms with Crippen LogP contribution in [-0.4, -0.2) is 28.6 Å². The lowest BCUT2D eigenvalue weighted by atomic mass is 10.0. The first-order chi connectivity index (χ1) is 8.04. The van der Waals surface area contributed by atoms with Gasteiger partial charge in [0.15, 0.2) is 0 Å². The number of aromatic nitrogens is 1. The van der Waals surface area contributed by atoms with Gasteiger partial charge >= 0.3 is 0 Å². The molecule has 1 aromatic heterocycles. The highest BCUT2D eigenvalue weighted by Crippen LogP contribution is 2.08. The number of nitrogens with one attached hydrogen (secondary N) is 1. The summed E-state index contributed by atoms with van der Waals surface area (Å²) in [5.74, 6) is 0.288. The monoisotopic (exact) mass is 236 g/mol. The van der Waals surface area contributed by atoms with E-state index in [1.54, 1.807) is 18.5 Å². The molecular weight excluding hydrogens is 216 g/mol. The predicted molar refractivity (Wildman–Crippen MR) is 66.8 cm³/mol.